The average Bonchev–Trinajstić information content (AvgIpc) is 3.52. The Labute approximate surface area is 214 Å². The third kappa shape index (κ3) is 4.59. The number of benzene rings is 2. The summed E-state index contributed by atoms with van der Waals surface area (Å²) in [5.74, 6) is 0.800. The predicted molar refractivity (Wildman–Crippen MR) is 137 cm³/mol. The Kier molecular flexibility index (Phi) is 6.41. The predicted octanol–water partition coefficient (Wildman–Crippen LogP) is 5.75. The Bertz CT molecular complexity index is 1380. The van der Waals surface area contributed by atoms with Crippen LogP contribution in [0.4, 0.5) is 30.9 Å². The molecule has 180 valence electrons. The molecule has 1 saturated heterocycles. The Morgan fingerprint density at radius 3 is 2.74 bits per heavy atom. The zero-order valence-electron chi connectivity index (χ0n) is 18.7. The molecule has 0 spiro atoms. The highest BCUT2D eigenvalue weighted by Gasteiger charge is 2.30. The summed E-state index contributed by atoms with van der Waals surface area (Å²) in [6.07, 6.45) is 3.05. The molecule has 0 saturated carbocycles. The Hall–Kier alpha value is -3.48. The number of nitrogens with one attached hydrogen (secondary N) is 1. The molecule has 2 aromatic carbocycles. The summed E-state index contributed by atoms with van der Waals surface area (Å²) in [5, 5.41) is 7.52. The fraction of sp³-hybridized carbons (Fsp3) is 0.208. The molecular formula is C24H21F2IN6O2. The van der Waals surface area contributed by atoms with E-state index in [9.17, 15) is 13.6 Å². The first-order chi connectivity index (χ1) is 16.9. The molecule has 1 atom stereocenters. The van der Waals surface area contributed by atoms with Crippen LogP contribution in [-0.2, 0) is 0 Å². The number of fused-ring (bicyclic) bond motifs is 1. The number of urea groups is 1. The molecule has 11 heteroatoms. The van der Waals surface area contributed by atoms with Crippen molar-refractivity contribution in [2.24, 2.45) is 0 Å². The van der Waals surface area contributed by atoms with Gasteiger partial charge in [-0.2, -0.15) is 4.52 Å². The van der Waals surface area contributed by atoms with Gasteiger partial charge in [-0.1, -0.05) is 0 Å². The van der Waals surface area contributed by atoms with Crippen LogP contribution in [0.3, 0.4) is 0 Å². The maximum absolute atomic E-state index is 14.5. The van der Waals surface area contributed by atoms with Gasteiger partial charge in [0.15, 0.2) is 11.5 Å². The minimum Gasteiger partial charge on any atom is -0.497 e. The topological polar surface area (TPSA) is 75.0 Å². The van der Waals surface area contributed by atoms with Crippen molar-refractivity contribution in [1.82, 2.24) is 14.6 Å². The van der Waals surface area contributed by atoms with E-state index in [1.807, 2.05) is 27.8 Å². The van der Waals surface area contributed by atoms with E-state index in [0.717, 1.165) is 18.6 Å². The Morgan fingerprint density at radius 2 is 1.97 bits per heavy atom. The highest BCUT2D eigenvalue weighted by atomic mass is 127. The number of hydrogen-bond acceptors (Lipinski definition) is 5. The van der Waals surface area contributed by atoms with Crippen LogP contribution in [0.2, 0.25) is 0 Å². The van der Waals surface area contributed by atoms with Gasteiger partial charge in [0.25, 0.3) is 0 Å². The number of ether oxygens (including phenoxy) is 1. The monoisotopic (exact) mass is 590 g/mol. The standard InChI is InChI=1S/C24H21F2IN6O2/c1-35-17-7-5-16(6-8-17)29-24(34)32(27)23-14-28-21-10-11-22(30-33(21)23)31-12-2-3-20(31)18-13-15(25)4-9-19(18)26/h4-11,13-14,20H,2-3,12H2,1H3,(H,29,34). The lowest BCUT2D eigenvalue weighted by molar-refractivity contribution is 0.260. The molecule has 35 heavy (non-hydrogen) atoms. The fourth-order valence-electron chi connectivity index (χ4n) is 4.22. The van der Waals surface area contributed by atoms with Crippen molar-refractivity contribution in [1.29, 1.82) is 0 Å². The van der Waals surface area contributed by atoms with E-state index in [1.165, 1.54) is 9.18 Å². The number of amides is 2. The van der Waals surface area contributed by atoms with Crippen LogP contribution in [0.1, 0.15) is 24.4 Å². The summed E-state index contributed by atoms with van der Waals surface area (Å²) in [7, 11) is 1.57. The first kappa shape index (κ1) is 23.3. The van der Waals surface area contributed by atoms with Gasteiger partial charge in [0.2, 0.25) is 0 Å². The van der Waals surface area contributed by atoms with E-state index < -0.39 is 11.6 Å². The van der Waals surface area contributed by atoms with Crippen LogP contribution >= 0.6 is 22.9 Å². The molecule has 0 radical (unpaired) electrons. The summed E-state index contributed by atoms with van der Waals surface area (Å²) in [6.45, 7) is 0.648. The van der Waals surface area contributed by atoms with Gasteiger partial charge in [-0.3, -0.25) is 0 Å². The quantitative estimate of drug-likeness (QED) is 0.237. The second kappa shape index (κ2) is 9.64. The second-order valence-corrected chi connectivity index (χ2v) is 9.00. The number of anilines is 3. The van der Waals surface area contributed by atoms with Crippen LogP contribution < -0.4 is 18.1 Å². The number of rotatable bonds is 5. The number of methoxy groups -OCH3 is 1. The zero-order chi connectivity index (χ0) is 24.5. The molecule has 2 amide bonds. The lowest BCUT2D eigenvalue weighted by Gasteiger charge is -2.26. The first-order valence-electron chi connectivity index (χ1n) is 10.9. The lowest BCUT2D eigenvalue weighted by atomic mass is 10.0. The Morgan fingerprint density at radius 1 is 1.17 bits per heavy atom. The van der Waals surface area contributed by atoms with Gasteiger partial charge >= 0.3 is 6.03 Å². The number of nitrogens with zero attached hydrogens (tertiary/aromatic N) is 5. The van der Waals surface area contributed by atoms with Gasteiger partial charge in [0.05, 0.1) is 42.2 Å². The van der Waals surface area contributed by atoms with E-state index in [2.05, 4.69) is 10.3 Å². The molecule has 0 aliphatic carbocycles. The van der Waals surface area contributed by atoms with Gasteiger partial charge in [-0.25, -0.2) is 21.7 Å². The van der Waals surface area contributed by atoms with Gasteiger partial charge in [-0.05, 0) is 67.4 Å². The van der Waals surface area contributed by atoms with Crippen molar-refractivity contribution in [3.8, 4) is 5.75 Å². The highest BCUT2D eigenvalue weighted by molar-refractivity contribution is 14.1. The van der Waals surface area contributed by atoms with Gasteiger partial charge in [0.1, 0.15) is 23.2 Å². The molecule has 1 aliphatic heterocycles. The normalized spacial score (nSPS) is 15.4. The summed E-state index contributed by atoms with van der Waals surface area (Å²) in [6, 6.07) is 13.4. The largest absolute Gasteiger partial charge is 0.497 e. The molecule has 1 unspecified atom stereocenters. The molecular weight excluding hydrogens is 569 g/mol. The maximum atomic E-state index is 14.5. The van der Waals surface area contributed by atoms with Crippen molar-refractivity contribution in [3.63, 3.8) is 0 Å². The molecule has 0 bridgehead atoms. The number of aromatic nitrogens is 3. The molecule has 8 nitrogen and oxygen atoms in total. The van der Waals surface area contributed by atoms with Crippen molar-refractivity contribution < 1.29 is 18.3 Å². The van der Waals surface area contributed by atoms with E-state index >= 15 is 0 Å². The smallest absolute Gasteiger partial charge is 0.336 e. The number of carbonyl (C=O) groups excluding carboxylic acids is 1. The summed E-state index contributed by atoms with van der Waals surface area (Å²) in [4.78, 5) is 19.2. The fourth-order valence-corrected chi connectivity index (χ4v) is 4.67. The Balaban J connectivity index is 1.42. The van der Waals surface area contributed by atoms with E-state index in [-0.39, 0.29) is 12.1 Å². The maximum Gasteiger partial charge on any atom is 0.336 e. The minimum atomic E-state index is -0.475. The minimum absolute atomic E-state index is 0.310. The molecule has 1 aliphatic rings. The third-order valence-corrected chi connectivity index (χ3v) is 6.85. The van der Waals surface area contributed by atoms with Crippen molar-refractivity contribution in [2.75, 3.05) is 27.0 Å². The van der Waals surface area contributed by atoms with Gasteiger partial charge in [-0.15, -0.1) is 5.10 Å². The van der Waals surface area contributed by atoms with Gasteiger partial charge < -0.3 is 15.0 Å². The summed E-state index contributed by atoms with van der Waals surface area (Å²) < 4.78 is 36.4. The second-order valence-electron chi connectivity index (χ2n) is 8.03. The number of carbonyl (C=O) groups is 1. The first-order valence-corrected chi connectivity index (χ1v) is 11.9. The zero-order valence-corrected chi connectivity index (χ0v) is 20.8. The van der Waals surface area contributed by atoms with Crippen LogP contribution in [0.25, 0.3) is 5.65 Å². The van der Waals surface area contributed by atoms with Crippen LogP contribution in [-0.4, -0.2) is 34.3 Å². The number of halogens is 3. The van der Waals surface area contributed by atoms with E-state index in [0.29, 0.717) is 47.2 Å². The number of hydrogen-bond donors (Lipinski definition) is 1. The lowest BCUT2D eigenvalue weighted by Crippen LogP contribution is -2.28. The van der Waals surface area contributed by atoms with Crippen molar-refractivity contribution in [3.05, 3.63) is 78.0 Å². The molecule has 3 heterocycles. The van der Waals surface area contributed by atoms with Crippen molar-refractivity contribution >= 4 is 51.9 Å². The summed E-state index contributed by atoms with van der Waals surface area (Å²) in [5.41, 5.74) is 1.47. The molecule has 5 rings (SSSR count). The third-order valence-electron chi connectivity index (χ3n) is 5.92. The van der Waals surface area contributed by atoms with Crippen molar-refractivity contribution in [2.45, 2.75) is 18.9 Å². The average molecular weight is 590 g/mol. The van der Waals surface area contributed by atoms with Crippen LogP contribution in [0.15, 0.2) is 60.8 Å². The molecule has 2 aromatic heterocycles. The summed E-state index contributed by atoms with van der Waals surface area (Å²) >= 11 is 1.89. The van der Waals surface area contributed by atoms with E-state index in [4.69, 9.17) is 9.84 Å². The SMILES string of the molecule is COc1ccc(NC(=O)N(I)c2cnc3ccc(N4CCCC4c4cc(F)ccc4F)nn23)cc1. The molecule has 4 aromatic rings. The molecule has 1 N–H and O–H groups in total. The highest BCUT2D eigenvalue weighted by Crippen LogP contribution is 2.37. The van der Waals surface area contributed by atoms with E-state index in [1.54, 1.807) is 54.2 Å². The van der Waals surface area contributed by atoms with Crippen LogP contribution in [0.5, 0.6) is 5.75 Å². The van der Waals surface area contributed by atoms with Crippen LogP contribution in [0, 0.1) is 11.6 Å². The number of imidazole rings is 1. The molecule has 1 fully saturated rings. The van der Waals surface area contributed by atoms with Gasteiger partial charge in [0, 0.05) is 17.8 Å².